The first-order chi connectivity index (χ1) is 13.8. The van der Waals surface area contributed by atoms with Crippen LogP contribution in [0.5, 0.6) is 0 Å². The number of amides is 3. The molecule has 1 aliphatic rings. The quantitative estimate of drug-likeness (QED) is 0.744. The molecule has 154 valence electrons. The highest BCUT2D eigenvalue weighted by Gasteiger charge is 2.26. The molecule has 0 unspecified atom stereocenters. The molecule has 1 fully saturated rings. The number of hydrogen-bond acceptors (Lipinski definition) is 6. The van der Waals surface area contributed by atoms with Gasteiger partial charge in [-0.3, -0.25) is 14.4 Å². The Balaban J connectivity index is 1.44. The number of anilines is 1. The van der Waals surface area contributed by atoms with Crippen LogP contribution in [0.3, 0.4) is 0 Å². The summed E-state index contributed by atoms with van der Waals surface area (Å²) < 4.78 is 3.82. The molecule has 1 aliphatic heterocycles. The minimum Gasteiger partial charge on any atom is -0.348 e. The molecular weight excluding hydrogens is 390 g/mol. The van der Waals surface area contributed by atoms with Crippen LogP contribution in [0.25, 0.3) is 0 Å². The molecule has 0 bridgehead atoms. The molecule has 3 amide bonds. The number of benzene rings is 1. The van der Waals surface area contributed by atoms with Crippen LogP contribution in [0.1, 0.15) is 39.3 Å². The molecular formula is C20H25N5O3S. The fourth-order valence-corrected chi connectivity index (χ4v) is 3.99. The molecule has 2 heterocycles. The number of hydrogen-bond donors (Lipinski definition) is 2. The maximum absolute atomic E-state index is 12.5. The van der Waals surface area contributed by atoms with Gasteiger partial charge in [0.05, 0.1) is 5.69 Å². The van der Waals surface area contributed by atoms with Crippen molar-refractivity contribution in [3.8, 4) is 0 Å². The highest BCUT2D eigenvalue weighted by atomic mass is 32.1. The first-order valence-electron chi connectivity index (χ1n) is 9.60. The number of piperidine rings is 1. The summed E-state index contributed by atoms with van der Waals surface area (Å²) in [5.74, 6) is -1.11. The topological polar surface area (TPSA) is 104 Å². The van der Waals surface area contributed by atoms with Crippen molar-refractivity contribution in [2.75, 3.05) is 25.0 Å². The maximum Gasteiger partial charge on any atom is 0.313 e. The van der Waals surface area contributed by atoms with Crippen molar-refractivity contribution in [3.05, 3.63) is 39.9 Å². The van der Waals surface area contributed by atoms with Crippen LogP contribution in [-0.2, 0) is 9.59 Å². The lowest BCUT2D eigenvalue weighted by atomic mass is 9.96. The highest BCUT2D eigenvalue weighted by molar-refractivity contribution is 7.07. The third-order valence-corrected chi connectivity index (χ3v) is 5.95. The lowest BCUT2D eigenvalue weighted by molar-refractivity contribution is -0.136. The van der Waals surface area contributed by atoms with E-state index in [1.54, 1.807) is 17.9 Å². The summed E-state index contributed by atoms with van der Waals surface area (Å²) in [6.45, 7) is 7.29. The molecule has 0 saturated carbocycles. The van der Waals surface area contributed by atoms with E-state index < -0.39 is 11.8 Å². The number of rotatable bonds is 4. The molecule has 3 rings (SSSR count). The van der Waals surface area contributed by atoms with E-state index in [1.165, 1.54) is 0 Å². The third-order valence-electron chi connectivity index (χ3n) is 5.14. The van der Waals surface area contributed by atoms with Crippen LogP contribution in [0, 0.1) is 26.7 Å². The molecule has 1 saturated heterocycles. The summed E-state index contributed by atoms with van der Waals surface area (Å²) in [6.07, 6.45) is 1.55. The Hall–Kier alpha value is -2.81. The third kappa shape index (κ3) is 5.17. The molecule has 0 radical (unpaired) electrons. The summed E-state index contributed by atoms with van der Waals surface area (Å²) in [5.41, 5.74) is 3.30. The Morgan fingerprint density at radius 3 is 2.48 bits per heavy atom. The van der Waals surface area contributed by atoms with Crippen LogP contribution in [0.2, 0.25) is 0 Å². The monoisotopic (exact) mass is 415 g/mol. The summed E-state index contributed by atoms with van der Waals surface area (Å²) in [5, 5.41) is 9.25. The molecule has 2 aromatic rings. The normalized spacial score (nSPS) is 14.5. The van der Waals surface area contributed by atoms with E-state index in [0.29, 0.717) is 35.9 Å². The Kier molecular flexibility index (Phi) is 6.58. The van der Waals surface area contributed by atoms with Crippen LogP contribution in [0.15, 0.2) is 18.2 Å². The number of nitrogens with zero attached hydrogens (tertiary/aromatic N) is 3. The molecule has 9 heteroatoms. The fraction of sp³-hybridized carbons (Fsp3) is 0.450. The van der Waals surface area contributed by atoms with E-state index in [0.717, 1.165) is 35.5 Å². The second kappa shape index (κ2) is 9.13. The summed E-state index contributed by atoms with van der Waals surface area (Å²) in [6, 6.07) is 5.63. The molecule has 0 aliphatic carbocycles. The number of nitrogens with one attached hydrogen (secondary N) is 2. The highest BCUT2D eigenvalue weighted by Crippen LogP contribution is 2.21. The largest absolute Gasteiger partial charge is 0.348 e. The van der Waals surface area contributed by atoms with Crippen molar-refractivity contribution in [1.82, 2.24) is 19.8 Å². The van der Waals surface area contributed by atoms with Crippen molar-refractivity contribution in [3.63, 3.8) is 0 Å². The predicted molar refractivity (Wildman–Crippen MR) is 111 cm³/mol. The van der Waals surface area contributed by atoms with Gasteiger partial charge in [0.1, 0.15) is 4.88 Å². The van der Waals surface area contributed by atoms with Gasteiger partial charge in [0.25, 0.3) is 5.91 Å². The van der Waals surface area contributed by atoms with Gasteiger partial charge in [0.2, 0.25) is 0 Å². The molecule has 1 aromatic carbocycles. The van der Waals surface area contributed by atoms with E-state index in [2.05, 4.69) is 20.2 Å². The standard InChI is InChI=1S/C20H25N5O3S/c1-12-4-5-16(13(2)10-12)22-19(27)18(26)21-11-15-6-8-25(9-7-15)20(28)17-14(3)23-24-29-17/h4-5,10,15H,6-9,11H2,1-3H3,(H,21,26)(H,22,27). The zero-order valence-electron chi connectivity index (χ0n) is 16.8. The molecule has 29 heavy (non-hydrogen) atoms. The van der Waals surface area contributed by atoms with Gasteiger partial charge in [0.15, 0.2) is 0 Å². The van der Waals surface area contributed by atoms with Gasteiger partial charge < -0.3 is 15.5 Å². The Bertz CT molecular complexity index is 919. The van der Waals surface area contributed by atoms with Crippen molar-refractivity contribution in [1.29, 1.82) is 0 Å². The minimum absolute atomic E-state index is 0.0344. The molecule has 8 nitrogen and oxygen atoms in total. The Morgan fingerprint density at radius 2 is 1.86 bits per heavy atom. The van der Waals surface area contributed by atoms with Crippen molar-refractivity contribution < 1.29 is 14.4 Å². The fourth-order valence-electron chi connectivity index (χ4n) is 3.36. The van der Waals surface area contributed by atoms with Gasteiger partial charge in [-0.15, -0.1) is 5.10 Å². The number of carbonyl (C=O) groups excluding carboxylic acids is 3. The second-order valence-corrected chi connectivity index (χ2v) is 8.16. The van der Waals surface area contributed by atoms with Gasteiger partial charge in [-0.1, -0.05) is 22.2 Å². The first-order valence-corrected chi connectivity index (χ1v) is 10.4. The van der Waals surface area contributed by atoms with Gasteiger partial charge in [-0.2, -0.15) is 0 Å². The Labute approximate surface area is 173 Å². The number of likely N-dealkylation sites (tertiary alicyclic amines) is 1. The minimum atomic E-state index is -0.669. The summed E-state index contributed by atoms with van der Waals surface area (Å²) in [7, 11) is 0. The Morgan fingerprint density at radius 1 is 1.14 bits per heavy atom. The van der Waals surface area contributed by atoms with E-state index in [1.807, 2.05) is 26.0 Å². The van der Waals surface area contributed by atoms with Crippen LogP contribution >= 0.6 is 11.5 Å². The van der Waals surface area contributed by atoms with Crippen molar-refractivity contribution in [2.24, 2.45) is 5.92 Å². The molecule has 2 N–H and O–H groups in total. The van der Waals surface area contributed by atoms with E-state index in [9.17, 15) is 14.4 Å². The van der Waals surface area contributed by atoms with Crippen molar-refractivity contribution in [2.45, 2.75) is 33.6 Å². The second-order valence-electron chi connectivity index (χ2n) is 7.41. The smallest absolute Gasteiger partial charge is 0.313 e. The van der Waals surface area contributed by atoms with Crippen LogP contribution in [-0.4, -0.2) is 51.8 Å². The lowest BCUT2D eigenvalue weighted by Gasteiger charge is -2.31. The zero-order valence-corrected chi connectivity index (χ0v) is 17.6. The average Bonchev–Trinajstić information content (AvgIpc) is 3.14. The summed E-state index contributed by atoms with van der Waals surface area (Å²) in [4.78, 5) is 39.2. The van der Waals surface area contributed by atoms with Gasteiger partial charge in [-0.05, 0) is 62.7 Å². The molecule has 0 spiro atoms. The van der Waals surface area contributed by atoms with E-state index >= 15 is 0 Å². The predicted octanol–water partition coefficient (Wildman–Crippen LogP) is 2.07. The first kappa shape index (κ1) is 20.9. The van der Waals surface area contributed by atoms with Gasteiger partial charge in [0, 0.05) is 25.3 Å². The van der Waals surface area contributed by atoms with E-state index in [-0.39, 0.29) is 11.8 Å². The lowest BCUT2D eigenvalue weighted by Crippen LogP contribution is -2.43. The maximum atomic E-state index is 12.5. The van der Waals surface area contributed by atoms with Gasteiger partial charge in [-0.25, -0.2) is 0 Å². The SMILES string of the molecule is Cc1ccc(NC(=O)C(=O)NCC2CCN(C(=O)c3snnc3C)CC2)c(C)c1. The average molecular weight is 416 g/mol. The number of aryl methyl sites for hydroxylation is 3. The van der Waals surface area contributed by atoms with Crippen molar-refractivity contribution >= 4 is 34.9 Å². The van der Waals surface area contributed by atoms with Crippen LogP contribution in [0.4, 0.5) is 5.69 Å². The number of carbonyl (C=O) groups is 3. The summed E-state index contributed by atoms with van der Waals surface area (Å²) >= 11 is 1.12. The van der Waals surface area contributed by atoms with Gasteiger partial charge >= 0.3 is 11.8 Å². The van der Waals surface area contributed by atoms with E-state index in [4.69, 9.17) is 0 Å². The molecule has 0 atom stereocenters. The van der Waals surface area contributed by atoms with Crippen LogP contribution < -0.4 is 10.6 Å². The zero-order chi connectivity index (χ0) is 21.0. The number of aromatic nitrogens is 2. The molecule has 1 aromatic heterocycles.